The van der Waals surface area contributed by atoms with E-state index in [9.17, 15) is 14.0 Å². The Bertz CT molecular complexity index is 3560. The van der Waals surface area contributed by atoms with Crippen molar-refractivity contribution in [2.45, 2.75) is 63.7 Å². The molecule has 23 nitrogen and oxygen atoms in total. The Morgan fingerprint density at radius 2 is 1.15 bits per heavy atom. The molecule has 0 radical (unpaired) electrons. The van der Waals surface area contributed by atoms with Gasteiger partial charge in [0.2, 0.25) is 0 Å². The summed E-state index contributed by atoms with van der Waals surface area (Å²) in [6.07, 6.45) is 22.3. The standard InChI is InChI=1S/C24H22FN9O2.C14H13N5O2.C10H11FN4O/c1-36-21-6-5-20(34-9-8-27-30-34)18(23(21)25)10-26-24(35)19-14-33(31-29-19)13-17-12-32-11-16(15-2-3-15)4-7-22(32)28-17;20-14(21)12-8-19(17-16-12)7-11-6-18-5-10(9-1-2-9)3-4-13(18)15-11;1-16-9-3-2-8(7(6-12)10(9)11)15-5-4-13-14-15/h4-9,11-12,14-15H,2-3,10,13H2,1H3,(H,26,35);3-6,8-9H,1-2,7H2,(H,20,21);2-5H,6,12H2,1H3. The van der Waals surface area contributed by atoms with Gasteiger partial charge in [0, 0.05) is 49.0 Å². The number of amides is 1. The fourth-order valence-electron chi connectivity index (χ4n) is 8.10. The zero-order valence-electron chi connectivity index (χ0n) is 39.3. The summed E-state index contributed by atoms with van der Waals surface area (Å²) >= 11 is 0. The zero-order chi connectivity index (χ0) is 50.6. The van der Waals surface area contributed by atoms with Crippen molar-refractivity contribution in [2.75, 3.05) is 14.2 Å². The molecular weight excluding hydrogens is 947 g/mol. The van der Waals surface area contributed by atoms with E-state index in [1.807, 2.05) is 33.3 Å². The van der Waals surface area contributed by atoms with Crippen molar-refractivity contribution in [3.8, 4) is 22.9 Å². The van der Waals surface area contributed by atoms with Crippen LogP contribution in [0.15, 0.2) is 110 Å². The summed E-state index contributed by atoms with van der Waals surface area (Å²) in [6, 6.07) is 14.7. The summed E-state index contributed by atoms with van der Waals surface area (Å²) in [5, 5.41) is 42.1. The Hall–Kier alpha value is -9.26. The van der Waals surface area contributed by atoms with Crippen molar-refractivity contribution in [1.29, 1.82) is 0 Å². The van der Waals surface area contributed by atoms with Crippen LogP contribution in [0.3, 0.4) is 0 Å². The predicted octanol–water partition coefficient (Wildman–Crippen LogP) is 4.93. The minimum atomic E-state index is -1.08. The van der Waals surface area contributed by atoms with Crippen molar-refractivity contribution in [3.05, 3.63) is 167 Å². The smallest absolute Gasteiger partial charge is 0.358 e. The highest BCUT2D eigenvalue weighted by molar-refractivity contribution is 5.91. The molecule has 12 rings (SSSR count). The number of ether oxygens (including phenoxy) is 2. The number of hydrogen-bond acceptors (Lipinski definition) is 15. The van der Waals surface area contributed by atoms with Crippen LogP contribution < -0.4 is 20.5 Å². The van der Waals surface area contributed by atoms with Gasteiger partial charge in [-0.15, -0.1) is 20.4 Å². The van der Waals surface area contributed by atoms with Gasteiger partial charge >= 0.3 is 5.97 Å². The van der Waals surface area contributed by atoms with Crippen molar-refractivity contribution < 1.29 is 33.0 Å². The van der Waals surface area contributed by atoms with Gasteiger partial charge in [-0.2, -0.15) is 0 Å². The summed E-state index contributed by atoms with van der Waals surface area (Å²) in [5.74, 6) is -1.02. The van der Waals surface area contributed by atoms with E-state index in [2.05, 4.69) is 81.1 Å². The molecule has 8 heterocycles. The number of aromatic nitrogens is 16. The van der Waals surface area contributed by atoms with Gasteiger partial charge < -0.3 is 34.4 Å². The average Bonchev–Trinajstić information content (AvgIpc) is 3.86. The Morgan fingerprint density at radius 1 is 0.658 bits per heavy atom. The fraction of sp³-hybridized carbons (Fsp3) is 0.250. The molecule has 8 aromatic heterocycles. The van der Waals surface area contributed by atoms with Gasteiger partial charge in [0.1, 0.15) is 11.3 Å². The van der Waals surface area contributed by atoms with E-state index in [4.69, 9.17) is 20.3 Å². The third kappa shape index (κ3) is 10.6. The number of carboxylic acid groups (broad SMARTS) is 1. The molecule has 2 fully saturated rings. The lowest BCUT2D eigenvalue weighted by molar-refractivity contribution is 0.0690. The monoisotopic (exact) mass is 992 g/mol. The molecule has 0 aliphatic heterocycles. The van der Waals surface area contributed by atoms with Crippen LogP contribution >= 0.6 is 0 Å². The average molecular weight is 993 g/mol. The molecule has 2 aliphatic rings. The minimum absolute atomic E-state index is 0.0604. The van der Waals surface area contributed by atoms with E-state index in [0.717, 1.165) is 22.7 Å². The number of nitrogens with one attached hydrogen (secondary N) is 1. The van der Waals surface area contributed by atoms with Crippen LogP contribution in [0.1, 0.15) is 92.1 Å². The number of hydrogen-bond donors (Lipinski definition) is 3. The summed E-state index contributed by atoms with van der Waals surface area (Å²) in [5.41, 5.74) is 13.2. The number of aromatic carboxylic acids is 1. The van der Waals surface area contributed by atoms with Gasteiger partial charge in [-0.1, -0.05) is 33.0 Å². The van der Waals surface area contributed by atoms with Crippen molar-refractivity contribution in [3.63, 3.8) is 0 Å². The molecule has 10 aromatic rings. The van der Waals surface area contributed by atoms with Gasteiger partial charge in [-0.05, 0) is 85.0 Å². The summed E-state index contributed by atoms with van der Waals surface area (Å²) in [7, 11) is 2.79. The van der Waals surface area contributed by atoms with Crippen LogP contribution in [0.5, 0.6) is 11.5 Å². The number of imidazole rings is 2. The first-order valence-electron chi connectivity index (χ1n) is 23.0. The maximum atomic E-state index is 15.0. The summed E-state index contributed by atoms with van der Waals surface area (Å²) in [4.78, 5) is 32.7. The molecule has 0 unspecified atom stereocenters. The molecule has 4 N–H and O–H groups in total. The number of pyridine rings is 2. The SMILES string of the molecule is COc1ccc(-n2ccnn2)c(CN)c1F.COc1ccc(-n2ccnn2)c(CNC(=O)c2cn(Cc3cn4cc(C5CC5)ccc4n3)nn2)c1F.O=C(O)c1cn(Cc2cn3cc(C4CC4)ccc3n2)nn1. The first-order chi connectivity index (χ1) is 35.5. The second kappa shape index (κ2) is 20.6. The van der Waals surface area contributed by atoms with Gasteiger partial charge in [0.25, 0.3) is 5.91 Å². The number of methoxy groups -OCH3 is 2. The van der Waals surface area contributed by atoms with Gasteiger partial charge in [-0.3, -0.25) is 4.79 Å². The molecule has 2 aliphatic carbocycles. The molecule has 0 spiro atoms. The quantitative estimate of drug-likeness (QED) is 0.123. The molecule has 1 amide bonds. The van der Waals surface area contributed by atoms with E-state index >= 15 is 4.39 Å². The first-order valence-corrected chi connectivity index (χ1v) is 23.0. The van der Waals surface area contributed by atoms with Crippen molar-refractivity contribution >= 4 is 23.2 Å². The number of rotatable bonds is 15. The lowest BCUT2D eigenvalue weighted by Gasteiger charge is -2.13. The number of nitrogens with zero attached hydrogens (tertiary/aromatic N) is 16. The lowest BCUT2D eigenvalue weighted by Crippen LogP contribution is -2.25. The second-order valence-corrected chi connectivity index (χ2v) is 17.1. The molecule has 0 saturated heterocycles. The topological polar surface area (TPSA) is 268 Å². The van der Waals surface area contributed by atoms with E-state index in [1.165, 1.54) is 102 Å². The number of carbonyl (C=O) groups is 2. The van der Waals surface area contributed by atoms with E-state index in [1.54, 1.807) is 29.2 Å². The maximum absolute atomic E-state index is 15.0. The Balaban J connectivity index is 0.000000139. The number of carbonyl (C=O) groups excluding carboxylic acids is 1. The van der Waals surface area contributed by atoms with E-state index in [0.29, 0.717) is 41.9 Å². The molecular formula is C48H46F2N18O5. The van der Waals surface area contributed by atoms with Gasteiger partial charge in [0.15, 0.2) is 34.5 Å². The van der Waals surface area contributed by atoms with Gasteiger partial charge in [-0.25, -0.2) is 42.3 Å². The third-order valence-electron chi connectivity index (χ3n) is 12.1. The highest BCUT2D eigenvalue weighted by atomic mass is 19.1. The highest BCUT2D eigenvalue weighted by Crippen LogP contribution is 2.40. The first kappa shape index (κ1) is 47.4. The second-order valence-electron chi connectivity index (χ2n) is 17.1. The maximum Gasteiger partial charge on any atom is 0.358 e. The molecule has 372 valence electrons. The van der Waals surface area contributed by atoms with Crippen molar-refractivity contribution in [2.24, 2.45) is 5.73 Å². The zero-order valence-corrected chi connectivity index (χ0v) is 39.3. The summed E-state index contributed by atoms with van der Waals surface area (Å²) in [6.45, 7) is 0.723. The number of fused-ring (bicyclic) bond motifs is 2. The van der Waals surface area contributed by atoms with Crippen LogP contribution in [-0.2, 0) is 26.2 Å². The van der Waals surface area contributed by atoms with Crippen LogP contribution in [0.2, 0.25) is 0 Å². The van der Waals surface area contributed by atoms with Crippen LogP contribution in [0.25, 0.3) is 22.7 Å². The molecule has 2 saturated carbocycles. The van der Waals surface area contributed by atoms with E-state index < -0.39 is 23.5 Å². The number of carboxylic acids is 1. The number of halogens is 2. The molecule has 0 bridgehead atoms. The molecule has 0 atom stereocenters. The predicted molar refractivity (Wildman–Crippen MR) is 254 cm³/mol. The Labute approximate surface area is 412 Å². The molecule has 25 heteroatoms. The van der Waals surface area contributed by atoms with E-state index in [-0.39, 0.29) is 41.5 Å². The number of nitrogens with two attached hydrogens (primary N) is 1. The Kier molecular flexibility index (Phi) is 13.4. The number of benzene rings is 2. The largest absolute Gasteiger partial charge is 0.494 e. The highest BCUT2D eigenvalue weighted by Gasteiger charge is 2.25. The van der Waals surface area contributed by atoms with Crippen LogP contribution in [-0.4, -0.2) is 110 Å². The molecule has 2 aromatic carbocycles. The van der Waals surface area contributed by atoms with Crippen LogP contribution in [0.4, 0.5) is 8.78 Å². The fourth-order valence-corrected chi connectivity index (χ4v) is 8.10. The molecule has 73 heavy (non-hydrogen) atoms. The summed E-state index contributed by atoms with van der Waals surface area (Å²) < 4.78 is 48.8. The minimum Gasteiger partial charge on any atom is -0.494 e. The normalized spacial score (nSPS) is 13.1. The van der Waals surface area contributed by atoms with Crippen molar-refractivity contribution in [1.82, 2.24) is 84.1 Å². The van der Waals surface area contributed by atoms with Crippen LogP contribution in [0, 0.1) is 11.6 Å². The third-order valence-corrected chi connectivity index (χ3v) is 12.1. The lowest BCUT2D eigenvalue weighted by atomic mass is 10.1. The van der Waals surface area contributed by atoms with Gasteiger partial charge in [0.05, 0.1) is 87.3 Å². The Morgan fingerprint density at radius 3 is 1.60 bits per heavy atom.